The second-order valence-corrected chi connectivity index (χ2v) is 31.3. The number of nitrogens with one attached hydrogen (secondary N) is 2. The lowest BCUT2D eigenvalue weighted by molar-refractivity contribution is -0.265. The largest absolute Gasteiger partial charge is 0.459 e. The molecule has 35 nitrogen and oxygen atoms in total. The highest BCUT2D eigenvalue weighted by atomic mass is 16.6. The van der Waals surface area contributed by atoms with Crippen molar-refractivity contribution in [3.63, 3.8) is 0 Å². The normalized spacial score (nSPS) is 26.6. The maximum atomic E-state index is 14.6. The molecule has 2 bridgehead atoms. The van der Waals surface area contributed by atoms with Gasteiger partial charge in [0.05, 0.1) is 129 Å². The number of hydrogen-bond donors (Lipinski definition) is 8. The number of nitrogens with zero attached hydrogens (tertiary/aromatic N) is 6. The summed E-state index contributed by atoms with van der Waals surface area (Å²) in [6, 6.07) is 3.31. The van der Waals surface area contributed by atoms with E-state index in [1.54, 1.807) is 38.6 Å². The predicted octanol–water partition coefficient (Wildman–Crippen LogP) is 6.18. The number of hydrogen-bond acceptors (Lipinski definition) is 31. The highest BCUT2D eigenvalue weighted by Crippen LogP contribution is 2.39. The van der Waals surface area contributed by atoms with Crippen LogP contribution in [-0.2, 0) is 96.9 Å². The number of amides is 3. The summed E-state index contributed by atoms with van der Waals surface area (Å²) in [5, 5.41) is 45.7. The quantitative estimate of drug-likeness (QED) is 0.0107. The third-order valence-corrected chi connectivity index (χ3v) is 22.2. The predicted molar refractivity (Wildman–Crippen MR) is 442 cm³/mol. The van der Waals surface area contributed by atoms with Crippen LogP contribution in [0.3, 0.4) is 0 Å². The number of unbranched alkanes of at least 4 members (excludes halogenated alkanes) is 1. The van der Waals surface area contributed by atoms with Crippen LogP contribution in [0.5, 0.6) is 0 Å². The number of alkyl carbamates (subject to hydrolysis) is 1. The van der Waals surface area contributed by atoms with Crippen LogP contribution in [0, 0.1) is 29.6 Å². The Morgan fingerprint density at radius 2 is 1.37 bits per heavy atom. The van der Waals surface area contributed by atoms with Crippen molar-refractivity contribution >= 4 is 75.2 Å². The lowest BCUT2D eigenvalue weighted by Crippen LogP contribution is -2.61. The van der Waals surface area contributed by atoms with E-state index in [0.29, 0.717) is 184 Å². The van der Waals surface area contributed by atoms with Crippen molar-refractivity contribution in [2.45, 2.75) is 205 Å². The number of methoxy groups -OCH3 is 2. The van der Waals surface area contributed by atoms with E-state index in [4.69, 9.17) is 88.3 Å². The molecular formula is C85H129N11O24. The molecule has 35 heteroatoms. The van der Waals surface area contributed by atoms with Gasteiger partial charge in [0, 0.05) is 89.0 Å². The summed E-state index contributed by atoms with van der Waals surface area (Å²) < 4.78 is 81.8. The van der Waals surface area contributed by atoms with Gasteiger partial charge in [0.25, 0.3) is 17.7 Å². The van der Waals surface area contributed by atoms with Crippen LogP contribution >= 0.6 is 0 Å². The number of fused-ring (bicyclic) bond motifs is 5. The van der Waals surface area contributed by atoms with Gasteiger partial charge >= 0.3 is 12.1 Å². The summed E-state index contributed by atoms with van der Waals surface area (Å²) in [4.78, 5) is 111. The van der Waals surface area contributed by atoms with Gasteiger partial charge in [-0.15, -0.1) is 0 Å². The standard InChI is InChI=1S/C85H129N11O24/c1-54-16-10-9-11-17-55(2)69(107-7)51-62-22-19-59(6)85(106,120-62)78(102)81(103)95-28-14-12-18-65(95)82(104)117-70(52-66(97)56(3)47-58(5)76(100)77(101)75(99)57(4)46-54)63(86)48-60-20-23-68(71(49-60)108-8)119-84(105)90-27-31-110-33-35-112-37-39-114-41-43-116-45-44-115-42-40-113-38-36-111-34-32-109-30-25-72(98)89-26-13-15-29-96-80-73(79(87)91-53-92-80)74(94-96)61-21-24-67-64(50-61)93-83(88)118-67/h9-11,16-17,21,24,47,50,53-54,56-57,59-60,62-63,65,68-71,76-77,100-101,106H,12-15,18-20,22-23,25-46,48-49,51-52,86H2,1-8H3,(H2,88,93)(H,89,98)(H,90,105)(H2,87,91,92)/b11-9?,16-10+,55-17?,58-47+/t54-,56-,57-,59-,60+,62+,63-,65+,68-,69+,70+,71-,76-,77+,85-/m1/s1. The number of esters is 1. The highest BCUT2D eigenvalue weighted by Gasteiger charge is 2.53. The molecular weight excluding hydrogens is 1560 g/mol. The summed E-state index contributed by atoms with van der Waals surface area (Å²) in [5.74, 6) is -9.08. The summed E-state index contributed by atoms with van der Waals surface area (Å²) >= 11 is 0. The second-order valence-electron chi connectivity index (χ2n) is 31.3. The van der Waals surface area contributed by atoms with E-state index in [-0.39, 0.29) is 87.9 Å². The third kappa shape index (κ3) is 30.4. The van der Waals surface area contributed by atoms with Gasteiger partial charge in [-0.2, -0.15) is 10.1 Å². The first kappa shape index (κ1) is 97.3. The Kier molecular flexibility index (Phi) is 41.4. The molecule has 1 aliphatic carbocycles. The summed E-state index contributed by atoms with van der Waals surface area (Å²) in [6.07, 6.45) is 9.87. The smallest absolute Gasteiger partial charge is 0.407 e. The molecule has 11 N–H and O–H groups in total. The summed E-state index contributed by atoms with van der Waals surface area (Å²) in [6.45, 7) is 17.1. The number of oxazole rings is 1. The first-order chi connectivity index (χ1) is 57.8. The topological polar surface area (TPSA) is 475 Å². The average molecular weight is 1690 g/mol. The number of allylic oxidation sites excluding steroid dienone is 6. The molecule has 1 saturated carbocycles. The zero-order valence-electron chi connectivity index (χ0n) is 70.9. The zero-order valence-corrected chi connectivity index (χ0v) is 70.9. The molecule has 3 amide bonds. The fourth-order valence-corrected chi connectivity index (χ4v) is 15.2. The van der Waals surface area contributed by atoms with Gasteiger partial charge in [-0.25, -0.2) is 24.2 Å². The SMILES string of the molecule is CO[C@H]1C[C@@H]2CC[C@@H](C)[C@@](O)(O2)C(=O)C(=O)N2CCCC[C@H]2C(=O)O[C@H]([C@H](N)C[C@@H]2CC[C@@H](OC(=O)NCCOCCOCCOCCOCCOCCOCCOCCOCCC(=O)NCCCCn3nc(-c4ccc5oc(N)nc5c4)c4c(N)ncnc43)[C@H](OC)C2)CC(=O)[C@H](C)/C=C(\C)[C@@H](O)[C@@H](O)C(=O)[C@H](C)C[C@H](C)/C=C/C=CC=C1C. The number of piperidine rings is 1. The maximum absolute atomic E-state index is 14.6. The van der Waals surface area contributed by atoms with Crippen molar-refractivity contribution in [3.05, 3.63) is 72.1 Å². The molecule has 2 saturated heterocycles. The number of anilines is 2. The number of aromatic nitrogens is 5. The number of aryl methyl sites for hydroxylation is 1. The Bertz CT molecular complexity index is 4000. The van der Waals surface area contributed by atoms with Gasteiger partial charge < -0.3 is 114 Å². The van der Waals surface area contributed by atoms with Crippen molar-refractivity contribution in [1.82, 2.24) is 40.3 Å². The lowest BCUT2D eigenvalue weighted by Gasteiger charge is -2.42. The average Bonchev–Trinajstić information content (AvgIpc) is 1.61. The van der Waals surface area contributed by atoms with Gasteiger partial charge in [0.15, 0.2) is 17.0 Å². The van der Waals surface area contributed by atoms with Gasteiger partial charge in [-0.05, 0) is 132 Å². The highest BCUT2D eigenvalue weighted by molar-refractivity contribution is 6.39. The van der Waals surface area contributed by atoms with Crippen LogP contribution in [0.4, 0.5) is 16.6 Å². The number of aliphatic hydroxyl groups is 3. The van der Waals surface area contributed by atoms with Crippen molar-refractivity contribution < 1.29 is 115 Å². The van der Waals surface area contributed by atoms with Crippen LogP contribution in [0.2, 0.25) is 0 Å². The number of aliphatic hydroxyl groups excluding tert-OH is 2. The first-order valence-corrected chi connectivity index (χ1v) is 42.2. The van der Waals surface area contributed by atoms with Crippen LogP contribution in [0.25, 0.3) is 33.4 Å². The number of Topliss-reactive ketones (excluding diaryl/α,β-unsaturated/α-hetero) is 3. The van der Waals surface area contributed by atoms with Crippen LogP contribution in [0.1, 0.15) is 138 Å². The van der Waals surface area contributed by atoms with E-state index in [2.05, 4.69) is 25.6 Å². The van der Waals surface area contributed by atoms with E-state index in [9.17, 15) is 48.9 Å². The molecule has 3 aliphatic heterocycles. The monoisotopic (exact) mass is 1690 g/mol. The molecule has 15 atom stereocenters. The Balaban J connectivity index is 0.648. The first-order valence-electron chi connectivity index (χ1n) is 42.2. The molecule has 1 aromatic carbocycles. The fraction of sp³-hybridized carbons (Fsp3) is 0.682. The molecule has 8 rings (SSSR count). The van der Waals surface area contributed by atoms with Crippen molar-refractivity contribution in [1.29, 1.82) is 0 Å². The number of ketones is 3. The number of cyclic esters (lactones) is 1. The van der Waals surface area contributed by atoms with Crippen LogP contribution in [0.15, 0.2) is 76.5 Å². The molecule has 0 spiro atoms. The van der Waals surface area contributed by atoms with E-state index in [0.717, 1.165) is 28.9 Å². The number of ether oxygens (including phenoxy) is 13. The van der Waals surface area contributed by atoms with Crippen LogP contribution in [-0.4, -0.2) is 286 Å². The number of rotatable bonds is 39. The molecule has 3 fully saturated rings. The lowest BCUT2D eigenvalue weighted by atomic mass is 9.80. The van der Waals surface area contributed by atoms with Crippen LogP contribution < -0.4 is 27.8 Å². The number of benzene rings is 1. The number of nitrogen functional groups attached to an aromatic ring is 2. The Morgan fingerprint density at radius 1 is 0.708 bits per heavy atom. The van der Waals surface area contributed by atoms with E-state index < -0.39 is 120 Å². The maximum Gasteiger partial charge on any atom is 0.407 e. The third-order valence-electron chi connectivity index (χ3n) is 22.2. The Hall–Kier alpha value is -8.11. The number of carbonyl (C=O) groups excluding carboxylic acids is 7. The van der Waals surface area contributed by atoms with Crippen molar-refractivity contribution in [2.24, 2.45) is 35.3 Å². The van der Waals surface area contributed by atoms with E-state index in [1.165, 1.54) is 26.4 Å². The summed E-state index contributed by atoms with van der Waals surface area (Å²) in [7, 11) is 3.06. The molecule has 4 aliphatic rings. The molecule has 120 heavy (non-hydrogen) atoms. The minimum Gasteiger partial charge on any atom is -0.459 e. The number of carbonyl (C=O) groups is 7. The molecule has 3 aromatic heterocycles. The Morgan fingerprint density at radius 3 is 2.02 bits per heavy atom. The minimum atomic E-state index is -2.51. The van der Waals surface area contributed by atoms with Gasteiger partial charge in [0.2, 0.25) is 11.7 Å². The molecule has 0 unspecified atom stereocenters. The Labute approximate surface area is 702 Å². The van der Waals surface area contributed by atoms with Gasteiger partial charge in [-0.1, -0.05) is 64.2 Å². The second kappa shape index (κ2) is 51.1. The molecule has 0 radical (unpaired) electrons. The zero-order chi connectivity index (χ0) is 86.5. The van der Waals surface area contributed by atoms with Gasteiger partial charge in [-0.3, -0.25) is 24.0 Å². The fourth-order valence-electron chi connectivity index (χ4n) is 15.2. The molecule has 4 aromatic rings. The molecule has 6 heterocycles. The van der Waals surface area contributed by atoms with Crippen molar-refractivity contribution in [2.75, 3.05) is 151 Å². The molecule has 668 valence electrons. The summed E-state index contributed by atoms with van der Waals surface area (Å²) in [5.41, 5.74) is 23.2. The van der Waals surface area contributed by atoms with Crippen molar-refractivity contribution in [3.8, 4) is 11.3 Å². The van der Waals surface area contributed by atoms with Gasteiger partial charge in [0.1, 0.15) is 59.6 Å². The van der Waals surface area contributed by atoms with E-state index >= 15 is 0 Å². The van der Waals surface area contributed by atoms with E-state index in [1.807, 2.05) is 56.4 Å². The number of nitrogens with two attached hydrogens (primary N) is 3. The minimum absolute atomic E-state index is 0.00230.